The number of carbonyl (C=O) groups excluding carboxylic acids is 1. The van der Waals surface area contributed by atoms with Gasteiger partial charge in [0.15, 0.2) is 0 Å². The summed E-state index contributed by atoms with van der Waals surface area (Å²) in [4.78, 5) is 14.8. The van der Waals surface area contributed by atoms with E-state index in [1.54, 1.807) is 25.3 Å². The zero-order valence-corrected chi connectivity index (χ0v) is 13.1. The second-order valence-electron chi connectivity index (χ2n) is 6.10. The molecule has 2 aliphatic heterocycles. The molecule has 1 aromatic rings. The lowest BCUT2D eigenvalue weighted by Crippen LogP contribution is -2.47. The first-order valence-electron chi connectivity index (χ1n) is 7.47. The van der Waals surface area contributed by atoms with E-state index in [-0.39, 0.29) is 11.3 Å². The number of ether oxygens (including phenoxy) is 1. The van der Waals surface area contributed by atoms with Gasteiger partial charge >= 0.3 is 0 Å². The first-order chi connectivity index (χ1) is 10.1. The Balaban J connectivity index is 1.81. The Hall–Kier alpha value is -1.26. The van der Waals surface area contributed by atoms with E-state index in [1.165, 1.54) is 6.42 Å². The largest absolute Gasteiger partial charge is 0.496 e. The molecule has 1 aromatic carbocycles. The van der Waals surface area contributed by atoms with Gasteiger partial charge in [-0.15, -0.1) is 0 Å². The molecule has 0 aromatic heterocycles. The lowest BCUT2D eigenvalue weighted by Gasteiger charge is -2.40. The molecule has 0 aliphatic carbocycles. The molecule has 0 radical (unpaired) electrons. The number of hydrogen-bond acceptors (Lipinski definition) is 3. The van der Waals surface area contributed by atoms with Gasteiger partial charge in [0.05, 0.1) is 12.7 Å². The van der Waals surface area contributed by atoms with Crippen LogP contribution in [0.1, 0.15) is 29.6 Å². The molecule has 2 saturated heterocycles. The summed E-state index contributed by atoms with van der Waals surface area (Å²) < 4.78 is 5.31. The Bertz CT molecular complexity index is 541. The highest BCUT2D eigenvalue weighted by Gasteiger charge is 2.39. The minimum Gasteiger partial charge on any atom is -0.496 e. The van der Waals surface area contributed by atoms with Crippen molar-refractivity contribution in [2.24, 2.45) is 5.41 Å². The average molecular weight is 309 g/mol. The maximum absolute atomic E-state index is 12.8. The Morgan fingerprint density at radius 2 is 2.29 bits per heavy atom. The van der Waals surface area contributed by atoms with E-state index in [1.807, 2.05) is 4.90 Å². The van der Waals surface area contributed by atoms with Crippen molar-refractivity contribution in [2.75, 3.05) is 33.3 Å². The number of methoxy groups -OCH3 is 1. The third kappa shape index (κ3) is 2.87. The van der Waals surface area contributed by atoms with Crippen molar-refractivity contribution in [1.29, 1.82) is 0 Å². The highest BCUT2D eigenvalue weighted by Crippen LogP contribution is 2.36. The molecule has 0 bridgehead atoms. The first-order valence-corrected chi connectivity index (χ1v) is 7.85. The van der Waals surface area contributed by atoms with Crippen LogP contribution in [0.3, 0.4) is 0 Å². The molecule has 3 rings (SSSR count). The van der Waals surface area contributed by atoms with Crippen LogP contribution in [0.2, 0.25) is 5.02 Å². The van der Waals surface area contributed by atoms with Crippen LogP contribution in [0.15, 0.2) is 18.2 Å². The van der Waals surface area contributed by atoms with Crippen LogP contribution >= 0.6 is 11.6 Å². The van der Waals surface area contributed by atoms with E-state index in [0.29, 0.717) is 16.3 Å². The predicted octanol–water partition coefficient (Wildman–Crippen LogP) is 2.56. The molecule has 2 aliphatic rings. The molecule has 2 heterocycles. The van der Waals surface area contributed by atoms with E-state index in [2.05, 4.69) is 5.32 Å². The first kappa shape index (κ1) is 14.7. The molecular formula is C16H21ClN2O2. The van der Waals surface area contributed by atoms with Gasteiger partial charge in [0.1, 0.15) is 5.75 Å². The van der Waals surface area contributed by atoms with E-state index >= 15 is 0 Å². The molecule has 1 spiro atoms. The molecule has 1 atom stereocenters. The number of nitrogens with one attached hydrogen (secondary N) is 1. The van der Waals surface area contributed by atoms with Crippen molar-refractivity contribution in [3.05, 3.63) is 28.8 Å². The number of benzene rings is 1. The molecule has 4 nitrogen and oxygen atoms in total. The third-order valence-corrected chi connectivity index (χ3v) is 4.91. The van der Waals surface area contributed by atoms with Crippen molar-refractivity contribution in [3.63, 3.8) is 0 Å². The number of halogens is 1. The van der Waals surface area contributed by atoms with Crippen LogP contribution in [-0.2, 0) is 0 Å². The molecule has 2 fully saturated rings. The molecule has 5 heteroatoms. The Morgan fingerprint density at radius 3 is 3.00 bits per heavy atom. The average Bonchev–Trinajstić information content (AvgIpc) is 2.94. The minimum absolute atomic E-state index is 0.0505. The normalized spacial score (nSPS) is 25.3. The number of likely N-dealkylation sites (tertiary alicyclic amines) is 1. The fourth-order valence-electron chi connectivity index (χ4n) is 3.54. The summed E-state index contributed by atoms with van der Waals surface area (Å²) in [6.07, 6.45) is 3.44. The van der Waals surface area contributed by atoms with Crippen molar-refractivity contribution < 1.29 is 9.53 Å². The van der Waals surface area contributed by atoms with E-state index in [0.717, 1.165) is 39.0 Å². The fourth-order valence-corrected chi connectivity index (χ4v) is 3.70. The highest BCUT2D eigenvalue weighted by atomic mass is 35.5. The third-order valence-electron chi connectivity index (χ3n) is 4.67. The summed E-state index contributed by atoms with van der Waals surface area (Å²) in [5.74, 6) is 0.603. The van der Waals surface area contributed by atoms with Crippen molar-refractivity contribution in [2.45, 2.75) is 19.3 Å². The van der Waals surface area contributed by atoms with Crippen molar-refractivity contribution in [3.8, 4) is 5.75 Å². The predicted molar refractivity (Wildman–Crippen MR) is 83.1 cm³/mol. The topological polar surface area (TPSA) is 41.6 Å². The van der Waals surface area contributed by atoms with Gasteiger partial charge in [-0.3, -0.25) is 4.79 Å². The lowest BCUT2D eigenvalue weighted by molar-refractivity contribution is 0.0550. The van der Waals surface area contributed by atoms with Crippen molar-refractivity contribution >= 4 is 17.5 Å². The minimum atomic E-state index is 0.0505. The van der Waals surface area contributed by atoms with Gasteiger partial charge in [0.25, 0.3) is 5.91 Å². The van der Waals surface area contributed by atoms with Crippen LogP contribution in [0.5, 0.6) is 5.75 Å². The van der Waals surface area contributed by atoms with Gasteiger partial charge < -0.3 is 15.0 Å². The van der Waals surface area contributed by atoms with E-state index < -0.39 is 0 Å². The molecule has 1 amide bonds. The smallest absolute Gasteiger partial charge is 0.257 e. The molecule has 1 N–H and O–H groups in total. The Labute approximate surface area is 130 Å². The van der Waals surface area contributed by atoms with E-state index in [9.17, 15) is 4.79 Å². The van der Waals surface area contributed by atoms with Crippen LogP contribution < -0.4 is 10.1 Å². The number of rotatable bonds is 2. The second-order valence-corrected chi connectivity index (χ2v) is 6.54. The molecular weight excluding hydrogens is 288 g/mol. The molecule has 21 heavy (non-hydrogen) atoms. The van der Waals surface area contributed by atoms with Gasteiger partial charge in [-0.05, 0) is 44.0 Å². The summed E-state index contributed by atoms with van der Waals surface area (Å²) >= 11 is 5.97. The maximum atomic E-state index is 12.8. The Kier molecular flexibility index (Phi) is 4.09. The van der Waals surface area contributed by atoms with Gasteiger partial charge in [-0.2, -0.15) is 0 Å². The van der Waals surface area contributed by atoms with Crippen molar-refractivity contribution in [1.82, 2.24) is 10.2 Å². The summed E-state index contributed by atoms with van der Waals surface area (Å²) in [6, 6.07) is 5.21. The van der Waals surface area contributed by atoms with Gasteiger partial charge in [-0.25, -0.2) is 0 Å². The fraction of sp³-hybridized carbons (Fsp3) is 0.562. The number of nitrogens with zero attached hydrogens (tertiary/aromatic N) is 1. The zero-order valence-electron chi connectivity index (χ0n) is 12.3. The standard InChI is InChI=1S/C16H21ClN2O2/c1-21-14-9-12(17)3-4-13(14)15(20)19-8-2-5-16(11-19)6-7-18-10-16/h3-4,9,18H,2,5-8,10-11H2,1H3. The monoisotopic (exact) mass is 308 g/mol. The SMILES string of the molecule is COc1cc(Cl)ccc1C(=O)N1CCCC2(CCNC2)C1. The maximum Gasteiger partial charge on any atom is 0.257 e. The summed E-state index contributed by atoms with van der Waals surface area (Å²) in [6.45, 7) is 3.75. The quantitative estimate of drug-likeness (QED) is 0.913. The van der Waals surface area contributed by atoms with Gasteiger partial charge in [0, 0.05) is 30.1 Å². The van der Waals surface area contributed by atoms with Gasteiger partial charge in [-0.1, -0.05) is 11.6 Å². The number of hydrogen-bond donors (Lipinski definition) is 1. The zero-order chi connectivity index (χ0) is 14.9. The number of piperidine rings is 1. The van der Waals surface area contributed by atoms with Crippen LogP contribution in [-0.4, -0.2) is 44.1 Å². The second kappa shape index (κ2) is 5.85. The van der Waals surface area contributed by atoms with Crippen LogP contribution in [0.4, 0.5) is 0 Å². The summed E-state index contributed by atoms with van der Waals surface area (Å²) in [7, 11) is 1.57. The summed E-state index contributed by atoms with van der Waals surface area (Å²) in [5.41, 5.74) is 0.873. The van der Waals surface area contributed by atoms with E-state index in [4.69, 9.17) is 16.3 Å². The molecule has 0 saturated carbocycles. The number of carbonyl (C=O) groups is 1. The lowest BCUT2D eigenvalue weighted by atomic mass is 9.79. The van der Waals surface area contributed by atoms with Crippen LogP contribution in [0, 0.1) is 5.41 Å². The Morgan fingerprint density at radius 1 is 1.43 bits per heavy atom. The molecule has 114 valence electrons. The van der Waals surface area contributed by atoms with Crippen LogP contribution in [0.25, 0.3) is 0 Å². The number of amides is 1. The molecule has 1 unspecified atom stereocenters. The highest BCUT2D eigenvalue weighted by molar-refractivity contribution is 6.30. The van der Waals surface area contributed by atoms with Gasteiger partial charge in [0.2, 0.25) is 0 Å². The summed E-state index contributed by atoms with van der Waals surface area (Å²) in [5, 5.41) is 4.01.